The molecule has 1 heterocycles. The van der Waals surface area contributed by atoms with Crippen molar-refractivity contribution in [3.63, 3.8) is 0 Å². The van der Waals surface area contributed by atoms with E-state index in [1.807, 2.05) is 0 Å². The zero-order valence-corrected chi connectivity index (χ0v) is 13.3. The van der Waals surface area contributed by atoms with E-state index in [4.69, 9.17) is 5.73 Å². The summed E-state index contributed by atoms with van der Waals surface area (Å²) < 4.78 is 0. The van der Waals surface area contributed by atoms with E-state index in [9.17, 15) is 0 Å². The van der Waals surface area contributed by atoms with Gasteiger partial charge in [-0.1, -0.05) is 40.0 Å². The van der Waals surface area contributed by atoms with Crippen molar-refractivity contribution >= 4 is 0 Å². The van der Waals surface area contributed by atoms with Gasteiger partial charge in [0.2, 0.25) is 0 Å². The van der Waals surface area contributed by atoms with Crippen molar-refractivity contribution in [1.29, 1.82) is 0 Å². The minimum atomic E-state index is 0.429. The Morgan fingerprint density at radius 3 is 2.21 bits per heavy atom. The SMILES string of the molecule is CCC1CCC(N)C(N2CCC(CC)(CC)CC2)C1. The van der Waals surface area contributed by atoms with Crippen LogP contribution in [0.15, 0.2) is 0 Å². The Bertz CT molecular complexity index is 262. The quantitative estimate of drug-likeness (QED) is 0.838. The van der Waals surface area contributed by atoms with Crippen molar-refractivity contribution < 1.29 is 0 Å². The van der Waals surface area contributed by atoms with Crippen molar-refractivity contribution in [2.24, 2.45) is 17.1 Å². The Kier molecular flexibility index (Phi) is 5.30. The molecule has 2 N–H and O–H groups in total. The summed E-state index contributed by atoms with van der Waals surface area (Å²) in [5, 5.41) is 0. The van der Waals surface area contributed by atoms with Crippen LogP contribution in [0.1, 0.15) is 72.1 Å². The predicted octanol–water partition coefficient (Wildman–Crippen LogP) is 3.79. The number of nitrogens with zero attached hydrogens (tertiary/aromatic N) is 1. The van der Waals surface area contributed by atoms with E-state index >= 15 is 0 Å². The predicted molar refractivity (Wildman–Crippen MR) is 83.2 cm³/mol. The van der Waals surface area contributed by atoms with Crippen molar-refractivity contribution in [2.75, 3.05) is 13.1 Å². The second-order valence-electron chi connectivity index (χ2n) is 7.06. The fourth-order valence-electron chi connectivity index (χ4n) is 4.33. The summed E-state index contributed by atoms with van der Waals surface area (Å²) in [7, 11) is 0. The molecule has 0 radical (unpaired) electrons. The van der Waals surface area contributed by atoms with Gasteiger partial charge >= 0.3 is 0 Å². The van der Waals surface area contributed by atoms with Gasteiger partial charge in [-0.15, -0.1) is 0 Å². The third kappa shape index (κ3) is 3.33. The number of likely N-dealkylation sites (tertiary alicyclic amines) is 1. The van der Waals surface area contributed by atoms with E-state index in [-0.39, 0.29) is 0 Å². The maximum atomic E-state index is 6.42. The first-order valence-corrected chi connectivity index (χ1v) is 8.63. The standard InChI is InChI=1S/C17H34N2/c1-4-14-7-8-15(18)16(13-14)19-11-9-17(5-2,6-3)10-12-19/h14-16H,4-13,18H2,1-3H3. The van der Waals surface area contributed by atoms with Crippen LogP contribution in [0.5, 0.6) is 0 Å². The number of piperidine rings is 1. The Morgan fingerprint density at radius 1 is 1.05 bits per heavy atom. The minimum Gasteiger partial charge on any atom is -0.326 e. The smallest absolute Gasteiger partial charge is 0.0249 e. The molecule has 0 aromatic rings. The molecule has 19 heavy (non-hydrogen) atoms. The first-order valence-electron chi connectivity index (χ1n) is 8.63. The molecule has 1 aliphatic heterocycles. The number of nitrogens with two attached hydrogens (primary N) is 1. The number of hydrogen-bond donors (Lipinski definition) is 1. The summed E-state index contributed by atoms with van der Waals surface area (Å²) in [5.74, 6) is 0.925. The molecule has 0 spiro atoms. The molecule has 0 amide bonds. The molecule has 0 aromatic heterocycles. The van der Waals surface area contributed by atoms with Gasteiger partial charge in [0.1, 0.15) is 0 Å². The summed E-state index contributed by atoms with van der Waals surface area (Å²) >= 11 is 0. The van der Waals surface area contributed by atoms with Gasteiger partial charge in [-0.3, -0.25) is 4.90 Å². The highest BCUT2D eigenvalue weighted by atomic mass is 15.2. The molecule has 112 valence electrons. The van der Waals surface area contributed by atoms with Gasteiger partial charge < -0.3 is 5.73 Å². The lowest BCUT2D eigenvalue weighted by Gasteiger charge is -2.47. The Balaban J connectivity index is 1.92. The molecule has 3 atom stereocenters. The van der Waals surface area contributed by atoms with Gasteiger partial charge in [-0.2, -0.15) is 0 Å². The normalized spacial score (nSPS) is 36.3. The minimum absolute atomic E-state index is 0.429. The summed E-state index contributed by atoms with van der Waals surface area (Å²) in [6.45, 7) is 9.66. The van der Waals surface area contributed by atoms with E-state index in [2.05, 4.69) is 25.7 Å². The summed E-state index contributed by atoms with van der Waals surface area (Å²) in [6, 6.07) is 1.10. The van der Waals surface area contributed by atoms with Crippen molar-refractivity contribution in [3.8, 4) is 0 Å². The van der Waals surface area contributed by atoms with Crippen LogP contribution in [0.3, 0.4) is 0 Å². The van der Waals surface area contributed by atoms with Gasteiger partial charge in [0, 0.05) is 12.1 Å². The molecule has 2 heteroatoms. The topological polar surface area (TPSA) is 29.3 Å². The van der Waals surface area contributed by atoms with Crippen LogP contribution in [-0.4, -0.2) is 30.1 Å². The first-order chi connectivity index (χ1) is 9.14. The van der Waals surface area contributed by atoms with Gasteiger partial charge in [-0.25, -0.2) is 0 Å². The molecule has 3 unspecified atom stereocenters. The molecule has 1 saturated carbocycles. The van der Waals surface area contributed by atoms with Crippen LogP contribution in [0.2, 0.25) is 0 Å². The first kappa shape index (κ1) is 15.3. The average Bonchev–Trinajstić information content (AvgIpc) is 2.48. The summed E-state index contributed by atoms with van der Waals surface area (Å²) in [5.41, 5.74) is 7.06. The molecular formula is C17H34N2. The molecule has 1 saturated heterocycles. The van der Waals surface area contributed by atoms with Crippen molar-refractivity contribution in [3.05, 3.63) is 0 Å². The Labute approximate surface area is 120 Å². The third-order valence-corrected chi connectivity index (χ3v) is 6.38. The summed E-state index contributed by atoms with van der Waals surface area (Å²) in [6.07, 6.45) is 10.8. The monoisotopic (exact) mass is 266 g/mol. The van der Waals surface area contributed by atoms with Crippen LogP contribution in [-0.2, 0) is 0 Å². The molecule has 2 nitrogen and oxygen atoms in total. The molecule has 2 rings (SSSR count). The summed E-state index contributed by atoms with van der Waals surface area (Å²) in [4.78, 5) is 2.73. The fourth-order valence-corrected chi connectivity index (χ4v) is 4.33. The lowest BCUT2D eigenvalue weighted by molar-refractivity contribution is 0.0352. The average molecular weight is 266 g/mol. The maximum absolute atomic E-state index is 6.42. The van der Waals surface area contributed by atoms with Gasteiger partial charge in [0.05, 0.1) is 0 Å². The van der Waals surface area contributed by atoms with Crippen LogP contribution in [0.25, 0.3) is 0 Å². The highest BCUT2D eigenvalue weighted by Crippen LogP contribution is 2.40. The molecule has 1 aliphatic carbocycles. The molecule has 2 aliphatic rings. The lowest BCUT2D eigenvalue weighted by Crippen LogP contribution is -2.54. The van der Waals surface area contributed by atoms with Crippen LogP contribution < -0.4 is 5.73 Å². The molecule has 0 aromatic carbocycles. The third-order valence-electron chi connectivity index (χ3n) is 6.38. The van der Waals surface area contributed by atoms with E-state index in [1.165, 1.54) is 64.5 Å². The van der Waals surface area contributed by atoms with Gasteiger partial charge in [0.15, 0.2) is 0 Å². The van der Waals surface area contributed by atoms with E-state index in [0.717, 1.165) is 5.92 Å². The van der Waals surface area contributed by atoms with E-state index in [0.29, 0.717) is 17.5 Å². The largest absolute Gasteiger partial charge is 0.326 e. The van der Waals surface area contributed by atoms with Crippen LogP contribution >= 0.6 is 0 Å². The molecular weight excluding hydrogens is 232 g/mol. The van der Waals surface area contributed by atoms with Crippen molar-refractivity contribution in [2.45, 2.75) is 84.2 Å². The fraction of sp³-hybridized carbons (Fsp3) is 1.00. The number of rotatable bonds is 4. The highest BCUT2D eigenvalue weighted by Gasteiger charge is 2.37. The van der Waals surface area contributed by atoms with Gasteiger partial charge in [-0.05, 0) is 56.5 Å². The van der Waals surface area contributed by atoms with Crippen molar-refractivity contribution in [1.82, 2.24) is 4.90 Å². The zero-order valence-electron chi connectivity index (χ0n) is 13.3. The van der Waals surface area contributed by atoms with Gasteiger partial charge in [0.25, 0.3) is 0 Å². The van der Waals surface area contributed by atoms with Crippen LogP contribution in [0, 0.1) is 11.3 Å². The highest BCUT2D eigenvalue weighted by molar-refractivity contribution is 4.93. The number of hydrogen-bond acceptors (Lipinski definition) is 2. The van der Waals surface area contributed by atoms with E-state index < -0.39 is 0 Å². The van der Waals surface area contributed by atoms with E-state index in [1.54, 1.807) is 0 Å². The van der Waals surface area contributed by atoms with Crippen LogP contribution in [0.4, 0.5) is 0 Å². The zero-order chi connectivity index (χ0) is 13.9. The molecule has 2 fully saturated rings. The Morgan fingerprint density at radius 2 is 1.68 bits per heavy atom. The maximum Gasteiger partial charge on any atom is 0.0249 e. The lowest BCUT2D eigenvalue weighted by atomic mass is 9.73. The Hall–Kier alpha value is -0.0800. The second-order valence-corrected chi connectivity index (χ2v) is 7.06. The second kappa shape index (κ2) is 6.58. The molecule has 0 bridgehead atoms.